The molecule has 0 spiro atoms. The number of halogens is 1. The summed E-state index contributed by atoms with van der Waals surface area (Å²) >= 11 is 10.2. The summed E-state index contributed by atoms with van der Waals surface area (Å²) in [5.74, 6) is 1.21. The molecular formula is C20H18BrNO2S2. The number of benzene rings is 2. The van der Waals surface area contributed by atoms with Crippen LogP contribution < -0.4 is 9.64 Å². The molecule has 1 heterocycles. The van der Waals surface area contributed by atoms with Gasteiger partial charge in [-0.05, 0) is 47.9 Å². The lowest BCUT2D eigenvalue weighted by Gasteiger charge is -2.14. The lowest BCUT2D eigenvalue weighted by molar-refractivity contribution is -0.113. The highest BCUT2D eigenvalue weighted by Crippen LogP contribution is 2.36. The zero-order valence-corrected chi connectivity index (χ0v) is 17.7. The first-order valence-electron chi connectivity index (χ1n) is 8.20. The van der Waals surface area contributed by atoms with Gasteiger partial charge in [0.2, 0.25) is 0 Å². The number of anilines is 1. The predicted octanol–water partition coefficient (Wildman–Crippen LogP) is 5.89. The van der Waals surface area contributed by atoms with Gasteiger partial charge in [-0.15, -0.1) is 0 Å². The number of carbonyl (C=O) groups is 1. The highest BCUT2D eigenvalue weighted by atomic mass is 79.9. The number of carbonyl (C=O) groups excluding carboxylic acids is 1. The van der Waals surface area contributed by atoms with Crippen LogP contribution in [0.25, 0.3) is 6.08 Å². The molecule has 0 aliphatic carbocycles. The minimum absolute atomic E-state index is 0.0989. The number of amides is 1. The first kappa shape index (κ1) is 19.1. The number of hydrogen-bond donors (Lipinski definition) is 0. The van der Waals surface area contributed by atoms with Crippen LogP contribution in [0.3, 0.4) is 0 Å². The van der Waals surface area contributed by atoms with Crippen molar-refractivity contribution in [2.24, 2.45) is 5.92 Å². The average Bonchev–Trinajstić information content (AvgIpc) is 2.88. The van der Waals surface area contributed by atoms with Crippen molar-refractivity contribution >= 4 is 61.9 Å². The lowest BCUT2D eigenvalue weighted by Crippen LogP contribution is -2.27. The third-order valence-corrected chi connectivity index (χ3v) is 5.42. The third-order valence-electron chi connectivity index (χ3n) is 3.62. The van der Waals surface area contributed by atoms with Crippen molar-refractivity contribution in [2.75, 3.05) is 11.5 Å². The van der Waals surface area contributed by atoms with E-state index in [2.05, 4.69) is 29.8 Å². The van der Waals surface area contributed by atoms with E-state index < -0.39 is 0 Å². The molecule has 0 radical (unpaired) electrons. The van der Waals surface area contributed by atoms with Gasteiger partial charge < -0.3 is 4.74 Å². The zero-order chi connectivity index (χ0) is 18.7. The molecule has 1 aliphatic heterocycles. The topological polar surface area (TPSA) is 29.5 Å². The highest BCUT2D eigenvalue weighted by molar-refractivity contribution is 9.10. The monoisotopic (exact) mass is 447 g/mol. The van der Waals surface area contributed by atoms with Crippen molar-refractivity contribution in [3.05, 3.63) is 63.5 Å². The zero-order valence-electron chi connectivity index (χ0n) is 14.4. The van der Waals surface area contributed by atoms with Crippen molar-refractivity contribution in [3.8, 4) is 5.75 Å². The summed E-state index contributed by atoms with van der Waals surface area (Å²) in [4.78, 5) is 15.0. The SMILES string of the molecule is CC(C)COc1ccc(/C=C2\SC(=S)N(c3cccc(Br)c3)C2=O)cc1. The Morgan fingerprint density at radius 2 is 1.96 bits per heavy atom. The fraction of sp³-hybridized carbons (Fsp3) is 0.200. The third kappa shape index (κ3) is 4.55. The molecular weight excluding hydrogens is 430 g/mol. The van der Waals surface area contributed by atoms with Crippen LogP contribution in [0.5, 0.6) is 5.75 Å². The molecule has 134 valence electrons. The highest BCUT2D eigenvalue weighted by Gasteiger charge is 2.33. The smallest absolute Gasteiger partial charge is 0.270 e. The molecule has 3 nitrogen and oxygen atoms in total. The van der Waals surface area contributed by atoms with E-state index >= 15 is 0 Å². The van der Waals surface area contributed by atoms with E-state index in [0.717, 1.165) is 21.5 Å². The van der Waals surface area contributed by atoms with E-state index in [4.69, 9.17) is 17.0 Å². The number of ether oxygens (including phenoxy) is 1. The maximum Gasteiger partial charge on any atom is 0.270 e. The maximum atomic E-state index is 12.8. The first-order chi connectivity index (χ1) is 12.4. The minimum atomic E-state index is -0.0989. The van der Waals surface area contributed by atoms with Crippen molar-refractivity contribution in [1.29, 1.82) is 0 Å². The number of rotatable bonds is 5. The summed E-state index contributed by atoms with van der Waals surface area (Å²) in [6.07, 6.45) is 1.86. The molecule has 0 unspecified atom stereocenters. The van der Waals surface area contributed by atoms with Crippen LogP contribution in [0, 0.1) is 5.92 Å². The Bertz CT molecular complexity index is 862. The van der Waals surface area contributed by atoms with E-state index in [1.165, 1.54) is 11.8 Å². The fourth-order valence-corrected chi connectivity index (χ4v) is 4.07. The fourth-order valence-electron chi connectivity index (χ4n) is 2.38. The van der Waals surface area contributed by atoms with E-state index in [1.807, 2.05) is 54.6 Å². The second-order valence-corrected chi connectivity index (χ2v) is 8.86. The summed E-state index contributed by atoms with van der Waals surface area (Å²) < 4.78 is 7.14. The quantitative estimate of drug-likeness (QED) is 0.422. The van der Waals surface area contributed by atoms with Crippen LogP contribution in [0.4, 0.5) is 5.69 Å². The second kappa shape index (κ2) is 8.37. The number of thioether (sulfide) groups is 1. The molecule has 3 rings (SSSR count). The second-order valence-electron chi connectivity index (χ2n) is 6.27. The van der Waals surface area contributed by atoms with Crippen molar-refractivity contribution in [1.82, 2.24) is 0 Å². The molecule has 0 aromatic heterocycles. The normalized spacial score (nSPS) is 16.0. The number of thiocarbonyl (C=S) groups is 1. The molecule has 0 atom stereocenters. The van der Waals surface area contributed by atoms with Crippen LogP contribution >= 0.6 is 39.9 Å². The Hall–Kier alpha value is -1.63. The standard InChI is InChI=1S/C20H18BrNO2S2/c1-13(2)12-24-17-8-6-14(7-9-17)10-18-19(23)22(20(25)26-18)16-5-3-4-15(21)11-16/h3-11,13H,12H2,1-2H3/b18-10-. The Kier molecular flexibility index (Phi) is 6.16. The molecule has 0 saturated carbocycles. The molecule has 0 N–H and O–H groups in total. The van der Waals surface area contributed by atoms with Crippen LogP contribution in [0.1, 0.15) is 19.4 Å². The van der Waals surface area contributed by atoms with E-state index in [9.17, 15) is 4.79 Å². The van der Waals surface area contributed by atoms with Gasteiger partial charge in [0, 0.05) is 4.47 Å². The largest absolute Gasteiger partial charge is 0.493 e. The molecule has 0 bridgehead atoms. The van der Waals surface area contributed by atoms with Gasteiger partial charge in [0.15, 0.2) is 4.32 Å². The Balaban J connectivity index is 1.77. The minimum Gasteiger partial charge on any atom is -0.493 e. The van der Waals surface area contributed by atoms with E-state index in [1.54, 1.807) is 4.90 Å². The average molecular weight is 448 g/mol. The number of hydrogen-bond acceptors (Lipinski definition) is 4. The van der Waals surface area contributed by atoms with E-state index in [0.29, 0.717) is 21.8 Å². The first-order valence-corrected chi connectivity index (χ1v) is 10.2. The molecule has 1 fully saturated rings. The van der Waals surface area contributed by atoms with Crippen LogP contribution in [0.15, 0.2) is 57.9 Å². The van der Waals surface area contributed by atoms with Gasteiger partial charge in [-0.25, -0.2) is 0 Å². The molecule has 6 heteroatoms. The van der Waals surface area contributed by atoms with Gasteiger partial charge >= 0.3 is 0 Å². The Labute approximate surface area is 171 Å². The van der Waals surface area contributed by atoms with Gasteiger partial charge in [0.05, 0.1) is 17.2 Å². The molecule has 2 aromatic carbocycles. The van der Waals surface area contributed by atoms with Crippen LogP contribution in [-0.4, -0.2) is 16.8 Å². The molecule has 2 aromatic rings. The van der Waals surface area contributed by atoms with Gasteiger partial charge in [0.25, 0.3) is 5.91 Å². The Morgan fingerprint density at radius 1 is 1.23 bits per heavy atom. The van der Waals surface area contributed by atoms with Gasteiger partial charge in [0.1, 0.15) is 5.75 Å². The molecule has 26 heavy (non-hydrogen) atoms. The van der Waals surface area contributed by atoms with Gasteiger partial charge in [-0.2, -0.15) is 0 Å². The Morgan fingerprint density at radius 3 is 2.62 bits per heavy atom. The van der Waals surface area contributed by atoms with E-state index in [-0.39, 0.29) is 5.91 Å². The summed E-state index contributed by atoms with van der Waals surface area (Å²) in [6, 6.07) is 15.3. The van der Waals surface area contributed by atoms with Gasteiger partial charge in [-0.3, -0.25) is 9.69 Å². The summed E-state index contributed by atoms with van der Waals surface area (Å²) in [7, 11) is 0. The van der Waals surface area contributed by atoms with Crippen LogP contribution in [0.2, 0.25) is 0 Å². The van der Waals surface area contributed by atoms with Crippen LogP contribution in [-0.2, 0) is 4.79 Å². The van der Waals surface area contributed by atoms with Gasteiger partial charge in [-0.1, -0.05) is 72.0 Å². The maximum absolute atomic E-state index is 12.8. The van der Waals surface area contributed by atoms with Crippen molar-refractivity contribution in [2.45, 2.75) is 13.8 Å². The van der Waals surface area contributed by atoms with Crippen molar-refractivity contribution in [3.63, 3.8) is 0 Å². The molecule has 1 saturated heterocycles. The summed E-state index contributed by atoms with van der Waals surface area (Å²) in [5, 5.41) is 0. The summed E-state index contributed by atoms with van der Waals surface area (Å²) in [5.41, 5.74) is 1.71. The lowest BCUT2D eigenvalue weighted by atomic mass is 10.2. The predicted molar refractivity (Wildman–Crippen MR) is 117 cm³/mol. The molecule has 1 aliphatic rings. The summed E-state index contributed by atoms with van der Waals surface area (Å²) in [6.45, 7) is 4.91. The molecule has 1 amide bonds. The number of nitrogens with zero attached hydrogens (tertiary/aromatic N) is 1. The van der Waals surface area contributed by atoms with Crippen molar-refractivity contribution < 1.29 is 9.53 Å².